The number of Topliss-reactive ketones (excluding diaryl/α,β-unsaturated/α-hetero) is 1. The van der Waals surface area contributed by atoms with Crippen LogP contribution in [0.25, 0.3) is 0 Å². The summed E-state index contributed by atoms with van der Waals surface area (Å²) in [4.78, 5) is 17.0. The topological polar surface area (TPSA) is 32.7 Å². The van der Waals surface area contributed by atoms with Crippen molar-refractivity contribution in [2.24, 2.45) is 4.99 Å². The van der Waals surface area contributed by atoms with Crippen molar-refractivity contribution in [2.45, 2.75) is 13.8 Å². The molecular formula is C8H12N2O. The van der Waals surface area contributed by atoms with Gasteiger partial charge in [-0.2, -0.15) is 0 Å². The van der Waals surface area contributed by atoms with Crippen LogP contribution in [0.15, 0.2) is 16.4 Å². The van der Waals surface area contributed by atoms with Gasteiger partial charge in [0.1, 0.15) is 5.70 Å². The van der Waals surface area contributed by atoms with Crippen molar-refractivity contribution in [2.75, 3.05) is 13.6 Å². The van der Waals surface area contributed by atoms with Gasteiger partial charge in [0.05, 0.1) is 6.54 Å². The smallest absolute Gasteiger partial charge is 0.179 e. The van der Waals surface area contributed by atoms with E-state index in [-0.39, 0.29) is 5.78 Å². The highest BCUT2D eigenvalue weighted by Gasteiger charge is 2.12. The lowest BCUT2D eigenvalue weighted by Gasteiger charge is -2.22. The molecule has 1 aliphatic heterocycles. The van der Waals surface area contributed by atoms with Crippen LogP contribution in [0.1, 0.15) is 13.8 Å². The molecule has 0 bridgehead atoms. The molecule has 0 saturated carbocycles. The Kier molecular flexibility index (Phi) is 2.08. The molecule has 0 radical (unpaired) electrons. The summed E-state index contributed by atoms with van der Waals surface area (Å²) in [6, 6.07) is 0. The highest BCUT2D eigenvalue weighted by atomic mass is 16.1. The number of ketones is 1. The molecule has 0 unspecified atom stereocenters. The third-order valence-corrected chi connectivity index (χ3v) is 1.82. The number of hydrogen-bond donors (Lipinski definition) is 0. The van der Waals surface area contributed by atoms with Crippen LogP contribution in [0, 0.1) is 0 Å². The monoisotopic (exact) mass is 152 g/mol. The summed E-state index contributed by atoms with van der Waals surface area (Å²) in [5.74, 6) is 0.0327. The van der Waals surface area contributed by atoms with E-state index in [0.717, 1.165) is 12.2 Å². The third kappa shape index (κ3) is 1.48. The van der Waals surface area contributed by atoms with Gasteiger partial charge in [0.2, 0.25) is 0 Å². The van der Waals surface area contributed by atoms with Crippen molar-refractivity contribution < 1.29 is 4.79 Å². The molecule has 11 heavy (non-hydrogen) atoms. The second-order valence-electron chi connectivity index (χ2n) is 2.68. The zero-order valence-electron chi connectivity index (χ0n) is 7.09. The predicted molar refractivity (Wildman–Crippen MR) is 44.5 cm³/mol. The first-order chi connectivity index (χ1) is 5.13. The van der Waals surface area contributed by atoms with Crippen LogP contribution in [0.2, 0.25) is 0 Å². The van der Waals surface area contributed by atoms with Crippen molar-refractivity contribution in [3.05, 3.63) is 11.4 Å². The molecular weight excluding hydrogens is 140 g/mol. The molecule has 0 amide bonds. The highest BCUT2D eigenvalue weighted by Crippen LogP contribution is 2.12. The first kappa shape index (κ1) is 7.98. The molecule has 0 fully saturated rings. The fourth-order valence-electron chi connectivity index (χ4n) is 1.01. The second kappa shape index (κ2) is 2.86. The number of nitrogens with zero attached hydrogens (tertiary/aromatic N) is 2. The molecule has 0 aromatic rings. The molecule has 1 aliphatic rings. The van der Waals surface area contributed by atoms with E-state index in [1.165, 1.54) is 6.92 Å². The fourth-order valence-corrected chi connectivity index (χ4v) is 1.01. The first-order valence-electron chi connectivity index (χ1n) is 3.58. The number of aliphatic imine (C=N–C) groups is 1. The van der Waals surface area contributed by atoms with Crippen LogP contribution in [0.5, 0.6) is 0 Å². The molecule has 0 atom stereocenters. The van der Waals surface area contributed by atoms with Gasteiger partial charge < -0.3 is 4.90 Å². The maximum Gasteiger partial charge on any atom is 0.179 e. The number of hydrogen-bond acceptors (Lipinski definition) is 3. The van der Waals surface area contributed by atoms with Gasteiger partial charge in [0.15, 0.2) is 5.78 Å². The molecule has 1 heterocycles. The number of carbonyl (C=O) groups excluding carboxylic acids is 1. The second-order valence-corrected chi connectivity index (χ2v) is 2.68. The van der Waals surface area contributed by atoms with Gasteiger partial charge in [0.25, 0.3) is 0 Å². The van der Waals surface area contributed by atoms with Gasteiger partial charge in [-0.25, -0.2) is 0 Å². The van der Waals surface area contributed by atoms with Crippen LogP contribution in [-0.4, -0.2) is 30.5 Å². The molecule has 0 aliphatic carbocycles. The summed E-state index contributed by atoms with van der Waals surface area (Å²) in [7, 11) is 1.95. The predicted octanol–water partition coefficient (Wildman–Crippen LogP) is 0.823. The Morgan fingerprint density at radius 2 is 2.36 bits per heavy atom. The summed E-state index contributed by atoms with van der Waals surface area (Å²) < 4.78 is 0. The molecule has 0 saturated heterocycles. The molecule has 0 spiro atoms. The van der Waals surface area contributed by atoms with Crippen LogP contribution in [0.4, 0.5) is 0 Å². The normalized spacial score (nSPS) is 17.5. The molecule has 1 rings (SSSR count). The fraction of sp³-hybridized carbons (Fsp3) is 0.500. The maximum absolute atomic E-state index is 11.0. The molecule has 60 valence electrons. The summed E-state index contributed by atoms with van der Waals surface area (Å²) in [6.45, 7) is 4.24. The molecule has 0 N–H and O–H groups in total. The van der Waals surface area contributed by atoms with E-state index in [1.54, 1.807) is 6.21 Å². The number of carbonyl (C=O) groups is 1. The third-order valence-electron chi connectivity index (χ3n) is 1.82. The SMILES string of the molecule is CC(=O)C1=C(C)N(C)CC=N1. The minimum atomic E-state index is 0.0327. The molecule has 0 aromatic heterocycles. The van der Waals surface area contributed by atoms with Gasteiger partial charge in [-0.3, -0.25) is 9.79 Å². The van der Waals surface area contributed by atoms with E-state index in [1.807, 2.05) is 18.9 Å². The van der Waals surface area contributed by atoms with Crippen molar-refractivity contribution in [3.63, 3.8) is 0 Å². The van der Waals surface area contributed by atoms with E-state index < -0.39 is 0 Å². The van der Waals surface area contributed by atoms with Crippen LogP contribution in [0.3, 0.4) is 0 Å². The lowest BCUT2D eigenvalue weighted by Crippen LogP contribution is -2.24. The average Bonchev–Trinajstić information content (AvgIpc) is 1.94. The largest absolute Gasteiger partial charge is 0.371 e. The Bertz CT molecular complexity index is 240. The summed E-state index contributed by atoms with van der Waals surface area (Å²) in [6.07, 6.45) is 1.75. The minimum Gasteiger partial charge on any atom is -0.371 e. The molecule has 3 nitrogen and oxygen atoms in total. The van der Waals surface area contributed by atoms with E-state index in [0.29, 0.717) is 5.70 Å². The molecule has 3 heteroatoms. The summed E-state index contributed by atoms with van der Waals surface area (Å²) >= 11 is 0. The summed E-state index contributed by atoms with van der Waals surface area (Å²) in [5, 5.41) is 0. The Balaban J connectivity index is 2.98. The maximum atomic E-state index is 11.0. The van der Waals surface area contributed by atoms with Crippen LogP contribution < -0.4 is 0 Å². The molecule has 0 aromatic carbocycles. The minimum absolute atomic E-state index is 0.0327. The standard InChI is InChI=1S/C8H12N2O/c1-6-8(7(2)11)9-4-5-10(6)3/h4H,5H2,1-3H3. The Labute approximate surface area is 66.4 Å². The van der Waals surface area contributed by atoms with Gasteiger partial charge in [-0.05, 0) is 6.92 Å². The van der Waals surface area contributed by atoms with Crippen molar-refractivity contribution in [1.82, 2.24) is 4.90 Å². The average molecular weight is 152 g/mol. The van der Waals surface area contributed by atoms with Gasteiger partial charge in [-0.1, -0.05) is 0 Å². The van der Waals surface area contributed by atoms with E-state index in [4.69, 9.17) is 0 Å². The number of rotatable bonds is 1. The Hall–Kier alpha value is -1.12. The Morgan fingerprint density at radius 3 is 2.82 bits per heavy atom. The van der Waals surface area contributed by atoms with Gasteiger partial charge >= 0.3 is 0 Å². The Morgan fingerprint density at radius 1 is 1.73 bits per heavy atom. The lowest BCUT2D eigenvalue weighted by molar-refractivity contribution is -0.113. The summed E-state index contributed by atoms with van der Waals surface area (Å²) in [5.41, 5.74) is 1.54. The van der Waals surface area contributed by atoms with Gasteiger partial charge in [-0.15, -0.1) is 0 Å². The highest BCUT2D eigenvalue weighted by molar-refractivity contribution is 5.95. The van der Waals surface area contributed by atoms with Crippen LogP contribution in [-0.2, 0) is 4.79 Å². The first-order valence-corrected chi connectivity index (χ1v) is 3.58. The van der Waals surface area contributed by atoms with E-state index in [9.17, 15) is 4.79 Å². The van der Waals surface area contributed by atoms with Crippen molar-refractivity contribution in [3.8, 4) is 0 Å². The quantitative estimate of drug-likeness (QED) is 0.557. The lowest BCUT2D eigenvalue weighted by atomic mass is 10.2. The number of allylic oxidation sites excluding steroid dienone is 2. The van der Waals surface area contributed by atoms with Gasteiger partial charge in [0, 0.05) is 25.9 Å². The van der Waals surface area contributed by atoms with E-state index in [2.05, 4.69) is 4.99 Å². The van der Waals surface area contributed by atoms with Crippen molar-refractivity contribution >= 4 is 12.0 Å². The van der Waals surface area contributed by atoms with Crippen molar-refractivity contribution in [1.29, 1.82) is 0 Å². The van der Waals surface area contributed by atoms with E-state index >= 15 is 0 Å². The zero-order chi connectivity index (χ0) is 8.43. The zero-order valence-corrected chi connectivity index (χ0v) is 7.09. The van der Waals surface area contributed by atoms with Crippen LogP contribution >= 0.6 is 0 Å².